The lowest BCUT2D eigenvalue weighted by Gasteiger charge is -2.32. The van der Waals surface area contributed by atoms with Crippen LogP contribution in [-0.4, -0.2) is 44.4 Å². The number of hydrogen-bond acceptors (Lipinski definition) is 4. The number of carbonyl (C=O) groups is 2. The van der Waals surface area contributed by atoms with Crippen molar-refractivity contribution in [3.63, 3.8) is 0 Å². The molecule has 1 aromatic rings. The first kappa shape index (κ1) is 12.5. The van der Waals surface area contributed by atoms with E-state index in [0.29, 0.717) is 18.8 Å². The molecule has 1 aliphatic heterocycles. The molecule has 0 spiro atoms. The van der Waals surface area contributed by atoms with E-state index in [0.717, 1.165) is 12.8 Å². The number of rotatable bonds is 2. The summed E-state index contributed by atoms with van der Waals surface area (Å²) in [5.74, 6) is -0.772. The number of likely N-dealkylation sites (tertiary alicyclic amines) is 1. The fourth-order valence-corrected chi connectivity index (χ4v) is 2.15. The standard InChI is InChI=1S/C12H15N3O3/c1-8-13-6-5-9(14-8)11(16)15-7-3-2-4-10(15)12(17)18/h5-6,10H,2-4,7H2,1H3,(H,17,18)/t10-/m0/s1. The Morgan fingerprint density at radius 2 is 2.22 bits per heavy atom. The quantitative estimate of drug-likeness (QED) is 0.840. The van der Waals surface area contributed by atoms with Crippen LogP contribution in [0.15, 0.2) is 12.3 Å². The van der Waals surface area contributed by atoms with Crippen LogP contribution in [-0.2, 0) is 4.79 Å². The van der Waals surface area contributed by atoms with Gasteiger partial charge in [0.15, 0.2) is 0 Å². The Morgan fingerprint density at radius 3 is 2.89 bits per heavy atom. The van der Waals surface area contributed by atoms with Gasteiger partial charge in [-0.15, -0.1) is 0 Å². The third kappa shape index (κ3) is 2.47. The summed E-state index contributed by atoms with van der Waals surface area (Å²) < 4.78 is 0. The maximum atomic E-state index is 12.2. The zero-order valence-electron chi connectivity index (χ0n) is 10.2. The SMILES string of the molecule is Cc1nccc(C(=O)N2CCCC[C@H]2C(=O)O)n1. The Bertz CT molecular complexity index is 475. The second-order valence-electron chi connectivity index (χ2n) is 4.34. The monoisotopic (exact) mass is 249 g/mol. The van der Waals surface area contributed by atoms with Gasteiger partial charge in [0.1, 0.15) is 17.6 Å². The molecular weight excluding hydrogens is 234 g/mol. The largest absolute Gasteiger partial charge is 0.480 e. The molecule has 18 heavy (non-hydrogen) atoms. The van der Waals surface area contributed by atoms with E-state index >= 15 is 0 Å². The maximum absolute atomic E-state index is 12.2. The lowest BCUT2D eigenvalue weighted by Crippen LogP contribution is -2.48. The van der Waals surface area contributed by atoms with Crippen molar-refractivity contribution in [1.29, 1.82) is 0 Å². The summed E-state index contributed by atoms with van der Waals surface area (Å²) in [6.07, 6.45) is 3.68. The maximum Gasteiger partial charge on any atom is 0.326 e. The van der Waals surface area contributed by atoms with Crippen LogP contribution in [0.5, 0.6) is 0 Å². The Balaban J connectivity index is 2.23. The van der Waals surface area contributed by atoms with Crippen molar-refractivity contribution in [2.24, 2.45) is 0 Å². The molecule has 0 aromatic carbocycles. The van der Waals surface area contributed by atoms with Gasteiger partial charge < -0.3 is 10.0 Å². The minimum absolute atomic E-state index is 0.260. The van der Waals surface area contributed by atoms with E-state index in [4.69, 9.17) is 5.11 Å². The summed E-state index contributed by atoms with van der Waals surface area (Å²) in [7, 11) is 0. The lowest BCUT2D eigenvalue weighted by molar-refractivity contribution is -0.143. The Labute approximate surface area is 105 Å². The summed E-state index contributed by atoms with van der Waals surface area (Å²) in [6, 6.07) is 0.782. The van der Waals surface area contributed by atoms with E-state index < -0.39 is 12.0 Å². The van der Waals surface area contributed by atoms with Crippen LogP contribution in [0.3, 0.4) is 0 Å². The molecule has 6 nitrogen and oxygen atoms in total. The van der Waals surface area contributed by atoms with Gasteiger partial charge in [0.05, 0.1) is 0 Å². The van der Waals surface area contributed by atoms with E-state index in [-0.39, 0.29) is 11.6 Å². The summed E-state index contributed by atoms with van der Waals surface area (Å²) in [5, 5.41) is 9.13. The van der Waals surface area contributed by atoms with Crippen molar-refractivity contribution in [3.05, 3.63) is 23.8 Å². The molecule has 2 rings (SSSR count). The number of piperidine rings is 1. The van der Waals surface area contributed by atoms with Crippen LogP contribution >= 0.6 is 0 Å². The van der Waals surface area contributed by atoms with E-state index in [9.17, 15) is 9.59 Å². The number of carboxylic acid groups (broad SMARTS) is 1. The smallest absolute Gasteiger partial charge is 0.326 e. The Hall–Kier alpha value is -1.98. The molecule has 1 N–H and O–H groups in total. The number of aryl methyl sites for hydroxylation is 1. The van der Waals surface area contributed by atoms with E-state index in [1.807, 2.05) is 0 Å². The normalized spacial score (nSPS) is 19.6. The molecule has 0 radical (unpaired) electrons. The van der Waals surface area contributed by atoms with Gasteiger partial charge in [0.2, 0.25) is 0 Å². The van der Waals surface area contributed by atoms with Gasteiger partial charge in [-0.2, -0.15) is 0 Å². The lowest BCUT2D eigenvalue weighted by atomic mass is 10.0. The average Bonchev–Trinajstić information content (AvgIpc) is 2.38. The van der Waals surface area contributed by atoms with Gasteiger partial charge in [-0.1, -0.05) is 0 Å². The van der Waals surface area contributed by atoms with Crippen LogP contribution in [0.4, 0.5) is 0 Å². The molecule has 2 heterocycles. The zero-order chi connectivity index (χ0) is 13.1. The highest BCUT2D eigenvalue weighted by molar-refractivity contribution is 5.95. The van der Waals surface area contributed by atoms with E-state index in [1.165, 1.54) is 17.2 Å². The molecule has 1 saturated heterocycles. The Morgan fingerprint density at radius 1 is 1.44 bits per heavy atom. The minimum Gasteiger partial charge on any atom is -0.480 e. The van der Waals surface area contributed by atoms with E-state index in [2.05, 4.69) is 9.97 Å². The fourth-order valence-electron chi connectivity index (χ4n) is 2.15. The van der Waals surface area contributed by atoms with Crippen molar-refractivity contribution in [1.82, 2.24) is 14.9 Å². The molecule has 0 aliphatic carbocycles. The highest BCUT2D eigenvalue weighted by atomic mass is 16.4. The number of hydrogen-bond donors (Lipinski definition) is 1. The van der Waals surface area contributed by atoms with Crippen LogP contribution in [0.1, 0.15) is 35.6 Å². The number of carbonyl (C=O) groups excluding carboxylic acids is 1. The number of aromatic nitrogens is 2. The highest BCUT2D eigenvalue weighted by Gasteiger charge is 2.32. The zero-order valence-corrected chi connectivity index (χ0v) is 10.2. The minimum atomic E-state index is -0.950. The second-order valence-corrected chi connectivity index (χ2v) is 4.34. The molecule has 1 fully saturated rings. The molecule has 1 aromatic heterocycles. The summed E-state index contributed by atoms with van der Waals surface area (Å²) >= 11 is 0. The predicted molar refractivity (Wildman–Crippen MR) is 63.1 cm³/mol. The van der Waals surface area contributed by atoms with Gasteiger partial charge in [-0.05, 0) is 32.3 Å². The second kappa shape index (κ2) is 5.12. The van der Waals surface area contributed by atoms with Crippen LogP contribution in [0, 0.1) is 6.92 Å². The summed E-state index contributed by atoms with van der Waals surface area (Å²) in [6.45, 7) is 2.17. The van der Waals surface area contributed by atoms with Gasteiger partial charge in [-0.3, -0.25) is 4.79 Å². The third-order valence-electron chi connectivity index (χ3n) is 3.04. The first-order valence-corrected chi connectivity index (χ1v) is 5.93. The third-order valence-corrected chi connectivity index (χ3v) is 3.04. The van der Waals surface area contributed by atoms with Crippen LogP contribution in [0.2, 0.25) is 0 Å². The van der Waals surface area contributed by atoms with Crippen molar-refractivity contribution < 1.29 is 14.7 Å². The number of aliphatic carboxylic acids is 1. The molecule has 96 valence electrons. The van der Waals surface area contributed by atoms with Gasteiger partial charge in [-0.25, -0.2) is 14.8 Å². The summed E-state index contributed by atoms with van der Waals surface area (Å²) in [4.78, 5) is 32.7. The first-order chi connectivity index (χ1) is 8.59. The predicted octanol–water partition coefficient (Wildman–Crippen LogP) is 0.864. The van der Waals surface area contributed by atoms with Crippen LogP contribution in [0.25, 0.3) is 0 Å². The van der Waals surface area contributed by atoms with Crippen molar-refractivity contribution in [2.75, 3.05) is 6.54 Å². The van der Waals surface area contributed by atoms with Crippen molar-refractivity contribution >= 4 is 11.9 Å². The number of amides is 1. The van der Waals surface area contributed by atoms with E-state index in [1.54, 1.807) is 6.92 Å². The molecule has 1 amide bonds. The molecule has 0 unspecified atom stereocenters. The molecule has 6 heteroatoms. The molecule has 0 saturated carbocycles. The number of carboxylic acids is 1. The topological polar surface area (TPSA) is 83.4 Å². The average molecular weight is 249 g/mol. The first-order valence-electron chi connectivity index (χ1n) is 5.93. The molecule has 1 atom stereocenters. The molecular formula is C12H15N3O3. The van der Waals surface area contributed by atoms with Crippen molar-refractivity contribution in [3.8, 4) is 0 Å². The Kier molecular flexibility index (Phi) is 3.55. The highest BCUT2D eigenvalue weighted by Crippen LogP contribution is 2.19. The molecule has 0 bridgehead atoms. The van der Waals surface area contributed by atoms with Crippen molar-refractivity contribution in [2.45, 2.75) is 32.2 Å². The summed E-state index contributed by atoms with van der Waals surface area (Å²) in [5.41, 5.74) is 0.260. The van der Waals surface area contributed by atoms with Crippen LogP contribution < -0.4 is 0 Å². The van der Waals surface area contributed by atoms with Gasteiger partial charge in [0.25, 0.3) is 5.91 Å². The fraction of sp³-hybridized carbons (Fsp3) is 0.500. The number of nitrogens with zero attached hydrogens (tertiary/aromatic N) is 3. The van der Waals surface area contributed by atoms with Gasteiger partial charge >= 0.3 is 5.97 Å². The molecule has 1 aliphatic rings. The van der Waals surface area contributed by atoms with Gasteiger partial charge in [0, 0.05) is 12.7 Å².